The highest BCUT2D eigenvalue weighted by molar-refractivity contribution is 6.30. The van der Waals surface area contributed by atoms with Gasteiger partial charge in [0, 0.05) is 10.9 Å². The van der Waals surface area contributed by atoms with Gasteiger partial charge in [-0.2, -0.15) is 0 Å². The van der Waals surface area contributed by atoms with Gasteiger partial charge in [-0.3, -0.25) is 0 Å². The van der Waals surface area contributed by atoms with E-state index in [0.717, 1.165) is 24.4 Å². The Morgan fingerprint density at radius 3 is 2.50 bits per heavy atom. The average Bonchev–Trinajstić information content (AvgIpc) is 2.65. The zero-order chi connectivity index (χ0) is 15.5. The first-order chi connectivity index (χ1) is 10.6. The number of aryl methyl sites for hydroxylation is 2. The van der Waals surface area contributed by atoms with Crippen molar-refractivity contribution in [1.29, 1.82) is 0 Å². The van der Waals surface area contributed by atoms with Crippen LogP contribution in [-0.4, -0.2) is 25.5 Å². The molecule has 2 aromatic rings. The molecule has 0 heterocycles. The van der Waals surface area contributed by atoms with Crippen LogP contribution in [0.5, 0.6) is 0 Å². The number of fused-ring (bicyclic) bond motifs is 2. The lowest BCUT2D eigenvalue weighted by molar-refractivity contribution is 0.389. The predicted molar refractivity (Wildman–Crippen MR) is 94.9 cm³/mol. The fourth-order valence-electron chi connectivity index (χ4n) is 3.58. The molecule has 0 amide bonds. The zero-order valence-corrected chi connectivity index (χ0v) is 14.2. The Balaban J connectivity index is 1.98. The molecule has 22 heavy (non-hydrogen) atoms. The number of rotatable bonds is 4. The van der Waals surface area contributed by atoms with E-state index in [2.05, 4.69) is 55.4 Å². The summed E-state index contributed by atoms with van der Waals surface area (Å²) in [5.41, 5.74) is 5.92. The third-order valence-electron chi connectivity index (χ3n) is 4.68. The maximum atomic E-state index is 6.30. The highest BCUT2D eigenvalue weighted by Gasteiger charge is 2.23. The molecular formula is C20H24ClN. The fraction of sp³-hybridized carbons (Fsp3) is 0.400. The normalized spacial score (nSPS) is 17.0. The van der Waals surface area contributed by atoms with Crippen LogP contribution >= 0.6 is 11.6 Å². The second-order valence-corrected chi connectivity index (χ2v) is 6.98. The van der Waals surface area contributed by atoms with Gasteiger partial charge in [0.1, 0.15) is 0 Å². The Kier molecular flexibility index (Phi) is 4.85. The third kappa shape index (κ3) is 3.37. The van der Waals surface area contributed by atoms with Gasteiger partial charge in [0.15, 0.2) is 0 Å². The smallest absolute Gasteiger partial charge is 0.0409 e. The highest BCUT2D eigenvalue weighted by atomic mass is 35.5. The SMILES string of the molecule is CN(C)CCCC1c2ccccc2CCc2ccc(Cl)cc21. The van der Waals surface area contributed by atoms with Crippen molar-refractivity contribution in [2.75, 3.05) is 20.6 Å². The first-order valence-electron chi connectivity index (χ1n) is 8.16. The van der Waals surface area contributed by atoms with Crippen LogP contribution in [0.4, 0.5) is 0 Å². The Hall–Kier alpha value is -1.31. The van der Waals surface area contributed by atoms with E-state index in [9.17, 15) is 0 Å². The van der Waals surface area contributed by atoms with Crippen molar-refractivity contribution in [2.24, 2.45) is 0 Å². The molecule has 0 aliphatic heterocycles. The minimum Gasteiger partial charge on any atom is -0.309 e. The van der Waals surface area contributed by atoms with Crippen molar-refractivity contribution in [3.8, 4) is 0 Å². The van der Waals surface area contributed by atoms with Crippen LogP contribution in [0.1, 0.15) is 41.0 Å². The van der Waals surface area contributed by atoms with Crippen molar-refractivity contribution >= 4 is 11.6 Å². The van der Waals surface area contributed by atoms with Gasteiger partial charge in [0.05, 0.1) is 0 Å². The lowest BCUT2D eigenvalue weighted by Gasteiger charge is -2.21. The molecule has 0 N–H and O–H groups in total. The quantitative estimate of drug-likeness (QED) is 0.775. The minimum absolute atomic E-state index is 0.479. The summed E-state index contributed by atoms with van der Waals surface area (Å²) in [6.45, 7) is 1.13. The number of hydrogen-bond donors (Lipinski definition) is 0. The minimum atomic E-state index is 0.479. The molecule has 1 aliphatic carbocycles. The van der Waals surface area contributed by atoms with Crippen LogP contribution in [0.2, 0.25) is 5.02 Å². The first-order valence-corrected chi connectivity index (χ1v) is 8.54. The van der Waals surface area contributed by atoms with Gasteiger partial charge in [-0.15, -0.1) is 0 Å². The Morgan fingerprint density at radius 1 is 1.00 bits per heavy atom. The number of hydrogen-bond acceptors (Lipinski definition) is 1. The van der Waals surface area contributed by atoms with Gasteiger partial charge in [0.25, 0.3) is 0 Å². The number of benzene rings is 2. The van der Waals surface area contributed by atoms with Crippen molar-refractivity contribution in [2.45, 2.75) is 31.6 Å². The molecule has 0 radical (unpaired) electrons. The molecule has 1 atom stereocenters. The second-order valence-electron chi connectivity index (χ2n) is 6.54. The largest absolute Gasteiger partial charge is 0.309 e. The fourth-order valence-corrected chi connectivity index (χ4v) is 3.76. The standard InChI is InChI=1S/C20H24ClN/c1-22(2)13-5-8-19-18-7-4-3-6-15(18)9-10-16-11-12-17(21)14-20(16)19/h3-4,6-7,11-12,14,19H,5,8-10,13H2,1-2H3. The maximum absolute atomic E-state index is 6.30. The summed E-state index contributed by atoms with van der Waals surface area (Å²) >= 11 is 6.30. The summed E-state index contributed by atoms with van der Waals surface area (Å²) in [6.07, 6.45) is 4.64. The van der Waals surface area contributed by atoms with E-state index in [1.807, 2.05) is 6.07 Å². The van der Waals surface area contributed by atoms with E-state index in [1.165, 1.54) is 35.1 Å². The van der Waals surface area contributed by atoms with Gasteiger partial charge in [-0.05, 0) is 80.7 Å². The zero-order valence-electron chi connectivity index (χ0n) is 13.5. The van der Waals surface area contributed by atoms with Crippen molar-refractivity contribution in [1.82, 2.24) is 4.90 Å². The summed E-state index contributed by atoms with van der Waals surface area (Å²) < 4.78 is 0. The van der Waals surface area contributed by atoms with Crippen LogP contribution in [0.25, 0.3) is 0 Å². The van der Waals surface area contributed by atoms with Gasteiger partial charge in [-0.1, -0.05) is 41.9 Å². The molecular weight excluding hydrogens is 290 g/mol. The van der Waals surface area contributed by atoms with Crippen molar-refractivity contribution in [3.63, 3.8) is 0 Å². The predicted octanol–water partition coefficient (Wildman–Crippen LogP) is 4.91. The molecule has 3 rings (SSSR count). The molecule has 0 saturated carbocycles. The lowest BCUT2D eigenvalue weighted by Crippen LogP contribution is -2.14. The average molecular weight is 314 g/mol. The Labute approximate surface area is 138 Å². The molecule has 1 nitrogen and oxygen atoms in total. The summed E-state index contributed by atoms with van der Waals surface area (Å²) in [6, 6.07) is 15.4. The van der Waals surface area contributed by atoms with Crippen molar-refractivity contribution in [3.05, 3.63) is 69.7 Å². The summed E-state index contributed by atoms with van der Waals surface area (Å²) in [5.74, 6) is 0.479. The molecule has 2 aromatic carbocycles. The topological polar surface area (TPSA) is 3.24 Å². The van der Waals surface area contributed by atoms with Gasteiger partial charge in [0.2, 0.25) is 0 Å². The third-order valence-corrected chi connectivity index (χ3v) is 4.91. The van der Waals surface area contributed by atoms with Crippen LogP contribution in [0.3, 0.4) is 0 Å². The molecule has 1 aliphatic rings. The van der Waals surface area contributed by atoms with E-state index in [0.29, 0.717) is 5.92 Å². The van der Waals surface area contributed by atoms with Crippen LogP contribution in [0, 0.1) is 0 Å². The first kappa shape index (κ1) is 15.6. The summed E-state index contributed by atoms with van der Waals surface area (Å²) in [5, 5.41) is 0.857. The molecule has 0 aromatic heterocycles. The second kappa shape index (κ2) is 6.85. The van der Waals surface area contributed by atoms with E-state index in [1.54, 1.807) is 0 Å². The number of halogens is 1. The summed E-state index contributed by atoms with van der Waals surface area (Å²) in [7, 11) is 4.29. The monoisotopic (exact) mass is 313 g/mol. The molecule has 0 saturated heterocycles. The Morgan fingerprint density at radius 2 is 1.73 bits per heavy atom. The number of nitrogens with zero attached hydrogens (tertiary/aromatic N) is 1. The molecule has 1 unspecified atom stereocenters. The maximum Gasteiger partial charge on any atom is 0.0409 e. The van der Waals surface area contributed by atoms with Crippen LogP contribution in [-0.2, 0) is 12.8 Å². The van der Waals surface area contributed by atoms with Gasteiger partial charge >= 0.3 is 0 Å². The Bertz CT molecular complexity index is 648. The van der Waals surface area contributed by atoms with Crippen LogP contribution in [0.15, 0.2) is 42.5 Å². The molecule has 2 heteroatoms. The summed E-state index contributed by atoms with van der Waals surface area (Å²) in [4.78, 5) is 2.27. The van der Waals surface area contributed by atoms with Gasteiger partial charge in [-0.25, -0.2) is 0 Å². The molecule has 0 fully saturated rings. The van der Waals surface area contributed by atoms with E-state index < -0.39 is 0 Å². The lowest BCUT2D eigenvalue weighted by atomic mass is 9.85. The van der Waals surface area contributed by atoms with E-state index >= 15 is 0 Å². The van der Waals surface area contributed by atoms with Crippen LogP contribution < -0.4 is 0 Å². The van der Waals surface area contributed by atoms with E-state index in [-0.39, 0.29) is 0 Å². The highest BCUT2D eigenvalue weighted by Crippen LogP contribution is 2.38. The van der Waals surface area contributed by atoms with Crippen molar-refractivity contribution < 1.29 is 0 Å². The molecule has 0 bridgehead atoms. The van der Waals surface area contributed by atoms with Gasteiger partial charge < -0.3 is 4.90 Å². The van der Waals surface area contributed by atoms with E-state index in [4.69, 9.17) is 11.6 Å². The molecule has 116 valence electrons. The molecule has 0 spiro atoms.